The van der Waals surface area contributed by atoms with E-state index < -0.39 is 0 Å². The summed E-state index contributed by atoms with van der Waals surface area (Å²) in [6.45, 7) is 5.07. The molecule has 0 saturated heterocycles. The maximum Gasteiger partial charge on any atom is 0.213 e. The van der Waals surface area contributed by atoms with E-state index in [1.54, 1.807) is 0 Å². The van der Waals surface area contributed by atoms with Crippen LogP contribution in [0.1, 0.15) is 20.3 Å². The molecule has 3 heteroatoms. The third-order valence-corrected chi connectivity index (χ3v) is 2.63. The third kappa shape index (κ3) is 3.09. The molecule has 17 heavy (non-hydrogen) atoms. The first kappa shape index (κ1) is 11.7. The number of hydrogen-bond donors (Lipinski definition) is 1. The van der Waals surface area contributed by atoms with Gasteiger partial charge in [0.15, 0.2) is 0 Å². The number of nitrogen functional groups attached to an aromatic ring is 1. The summed E-state index contributed by atoms with van der Waals surface area (Å²) in [6, 6.07) is 9.57. The number of aromatic nitrogens is 1. The molecule has 0 amide bonds. The highest BCUT2D eigenvalue weighted by Gasteiger charge is 2.00. The Kier molecular flexibility index (Phi) is 3.47. The molecule has 3 nitrogen and oxygen atoms in total. The van der Waals surface area contributed by atoms with E-state index in [-0.39, 0.29) is 0 Å². The largest absolute Gasteiger partial charge is 0.478 e. The summed E-state index contributed by atoms with van der Waals surface area (Å²) in [5, 5.41) is 1.04. The van der Waals surface area contributed by atoms with Gasteiger partial charge in [-0.15, -0.1) is 0 Å². The lowest BCUT2D eigenvalue weighted by Crippen LogP contribution is -2.02. The van der Waals surface area contributed by atoms with Gasteiger partial charge in [-0.25, -0.2) is 4.98 Å². The molecule has 0 atom stereocenters. The molecule has 0 radical (unpaired) electrons. The Balaban J connectivity index is 2.12. The molecule has 0 aliphatic rings. The van der Waals surface area contributed by atoms with Crippen molar-refractivity contribution in [1.29, 1.82) is 0 Å². The topological polar surface area (TPSA) is 48.1 Å². The van der Waals surface area contributed by atoms with Crippen LogP contribution in [0.3, 0.4) is 0 Å². The molecule has 0 spiro atoms. The molecule has 2 aromatic rings. The predicted octanol–water partition coefficient (Wildman–Crippen LogP) is 3.24. The van der Waals surface area contributed by atoms with Crippen LogP contribution in [-0.2, 0) is 0 Å². The Morgan fingerprint density at radius 2 is 2.06 bits per heavy atom. The fourth-order valence-corrected chi connectivity index (χ4v) is 1.60. The number of nitrogens with two attached hydrogens (primary N) is 1. The molecule has 0 saturated carbocycles. The van der Waals surface area contributed by atoms with E-state index in [0.29, 0.717) is 18.4 Å². The smallest absolute Gasteiger partial charge is 0.213 e. The van der Waals surface area contributed by atoms with Gasteiger partial charge in [0.1, 0.15) is 0 Å². The normalized spacial score (nSPS) is 11.0. The number of pyridine rings is 1. The number of hydrogen-bond acceptors (Lipinski definition) is 3. The van der Waals surface area contributed by atoms with E-state index >= 15 is 0 Å². The molecule has 0 aliphatic heterocycles. The van der Waals surface area contributed by atoms with Gasteiger partial charge in [-0.1, -0.05) is 13.8 Å². The highest BCUT2D eigenvalue weighted by Crippen LogP contribution is 2.19. The molecule has 0 unspecified atom stereocenters. The Bertz CT molecular complexity index is 509. The summed E-state index contributed by atoms with van der Waals surface area (Å²) in [7, 11) is 0. The molecule has 90 valence electrons. The zero-order valence-electron chi connectivity index (χ0n) is 10.3. The Labute approximate surface area is 102 Å². The molecule has 1 aromatic heterocycles. The summed E-state index contributed by atoms with van der Waals surface area (Å²) in [5.41, 5.74) is 7.39. The summed E-state index contributed by atoms with van der Waals surface area (Å²) in [5.74, 6) is 1.33. The molecule has 0 bridgehead atoms. The quantitative estimate of drug-likeness (QED) is 0.820. The summed E-state index contributed by atoms with van der Waals surface area (Å²) in [6.07, 6.45) is 1.04. The molecule has 2 N–H and O–H groups in total. The molecular formula is C14H18N2O. The molecular weight excluding hydrogens is 212 g/mol. The van der Waals surface area contributed by atoms with Crippen molar-refractivity contribution < 1.29 is 4.74 Å². The zero-order chi connectivity index (χ0) is 12.3. The molecule has 0 fully saturated rings. The number of ether oxygens (including phenoxy) is 1. The van der Waals surface area contributed by atoms with E-state index in [1.165, 1.54) is 0 Å². The minimum Gasteiger partial charge on any atom is -0.478 e. The van der Waals surface area contributed by atoms with Gasteiger partial charge in [0.2, 0.25) is 5.88 Å². The lowest BCUT2D eigenvalue weighted by atomic mass is 10.1. The van der Waals surface area contributed by atoms with Crippen molar-refractivity contribution in [3.63, 3.8) is 0 Å². The summed E-state index contributed by atoms with van der Waals surface area (Å²) >= 11 is 0. The lowest BCUT2D eigenvalue weighted by molar-refractivity contribution is 0.280. The Hall–Kier alpha value is -1.77. The van der Waals surface area contributed by atoms with Crippen molar-refractivity contribution in [3.05, 3.63) is 30.3 Å². The standard InChI is InChI=1S/C14H18N2O/c1-10(2)7-8-17-14-6-3-11-9-12(15)4-5-13(11)16-14/h3-6,9-10H,7-8,15H2,1-2H3. The van der Waals surface area contributed by atoms with Crippen LogP contribution in [0.25, 0.3) is 10.9 Å². The van der Waals surface area contributed by atoms with Gasteiger partial charge in [0.25, 0.3) is 0 Å². The van der Waals surface area contributed by atoms with Crippen molar-refractivity contribution in [3.8, 4) is 5.88 Å². The van der Waals surface area contributed by atoms with E-state index in [0.717, 1.165) is 23.0 Å². The van der Waals surface area contributed by atoms with Gasteiger partial charge in [0, 0.05) is 17.1 Å². The third-order valence-electron chi connectivity index (χ3n) is 2.63. The van der Waals surface area contributed by atoms with Gasteiger partial charge >= 0.3 is 0 Å². The number of benzene rings is 1. The van der Waals surface area contributed by atoms with Gasteiger partial charge in [-0.05, 0) is 36.6 Å². The molecule has 0 aliphatic carbocycles. The highest BCUT2D eigenvalue weighted by atomic mass is 16.5. The second-order valence-corrected chi connectivity index (χ2v) is 4.63. The van der Waals surface area contributed by atoms with Crippen molar-refractivity contribution in [2.75, 3.05) is 12.3 Å². The van der Waals surface area contributed by atoms with Crippen LogP contribution < -0.4 is 10.5 Å². The number of rotatable bonds is 4. The monoisotopic (exact) mass is 230 g/mol. The van der Waals surface area contributed by atoms with Crippen LogP contribution in [0.2, 0.25) is 0 Å². The van der Waals surface area contributed by atoms with E-state index in [9.17, 15) is 0 Å². The van der Waals surface area contributed by atoms with Crippen LogP contribution in [-0.4, -0.2) is 11.6 Å². The van der Waals surface area contributed by atoms with Crippen LogP contribution in [0.5, 0.6) is 5.88 Å². The maximum atomic E-state index is 5.72. The Morgan fingerprint density at radius 1 is 1.24 bits per heavy atom. The molecule has 1 heterocycles. The van der Waals surface area contributed by atoms with Crippen LogP contribution in [0.15, 0.2) is 30.3 Å². The number of fused-ring (bicyclic) bond motifs is 1. The van der Waals surface area contributed by atoms with Gasteiger partial charge in [-0.3, -0.25) is 0 Å². The van der Waals surface area contributed by atoms with E-state index in [2.05, 4.69) is 18.8 Å². The van der Waals surface area contributed by atoms with Crippen molar-refractivity contribution >= 4 is 16.6 Å². The van der Waals surface area contributed by atoms with Crippen molar-refractivity contribution in [1.82, 2.24) is 4.98 Å². The first-order valence-electron chi connectivity index (χ1n) is 5.94. The maximum absolute atomic E-state index is 5.72. The van der Waals surface area contributed by atoms with Crippen LogP contribution in [0.4, 0.5) is 5.69 Å². The van der Waals surface area contributed by atoms with E-state index in [4.69, 9.17) is 10.5 Å². The fourth-order valence-electron chi connectivity index (χ4n) is 1.60. The van der Waals surface area contributed by atoms with Gasteiger partial charge in [0.05, 0.1) is 12.1 Å². The number of nitrogens with zero attached hydrogens (tertiary/aromatic N) is 1. The van der Waals surface area contributed by atoms with Gasteiger partial charge < -0.3 is 10.5 Å². The fraction of sp³-hybridized carbons (Fsp3) is 0.357. The molecule has 2 rings (SSSR count). The minimum atomic E-state index is 0.648. The SMILES string of the molecule is CC(C)CCOc1ccc2cc(N)ccc2n1. The van der Waals surface area contributed by atoms with Crippen molar-refractivity contribution in [2.24, 2.45) is 5.92 Å². The summed E-state index contributed by atoms with van der Waals surface area (Å²) in [4.78, 5) is 4.44. The first-order valence-corrected chi connectivity index (χ1v) is 5.94. The summed E-state index contributed by atoms with van der Waals surface area (Å²) < 4.78 is 5.61. The van der Waals surface area contributed by atoms with Gasteiger partial charge in [-0.2, -0.15) is 0 Å². The molecule has 1 aromatic carbocycles. The lowest BCUT2D eigenvalue weighted by Gasteiger charge is -2.08. The van der Waals surface area contributed by atoms with Crippen LogP contribution >= 0.6 is 0 Å². The first-order chi connectivity index (χ1) is 8.15. The number of anilines is 1. The second kappa shape index (κ2) is 5.04. The minimum absolute atomic E-state index is 0.648. The van der Waals surface area contributed by atoms with E-state index in [1.807, 2.05) is 30.3 Å². The van der Waals surface area contributed by atoms with Crippen LogP contribution in [0, 0.1) is 5.92 Å². The Morgan fingerprint density at radius 3 is 2.82 bits per heavy atom. The average molecular weight is 230 g/mol. The second-order valence-electron chi connectivity index (χ2n) is 4.63. The highest BCUT2D eigenvalue weighted by molar-refractivity contribution is 5.82. The zero-order valence-corrected chi connectivity index (χ0v) is 10.3. The predicted molar refractivity (Wildman–Crippen MR) is 71.1 cm³/mol. The average Bonchev–Trinajstić information content (AvgIpc) is 2.29. The van der Waals surface area contributed by atoms with Crippen molar-refractivity contribution in [2.45, 2.75) is 20.3 Å².